The molecule has 0 saturated carbocycles. The Morgan fingerprint density at radius 2 is 1.83 bits per heavy atom. The summed E-state index contributed by atoms with van der Waals surface area (Å²) in [6.07, 6.45) is 0.868. The number of aromatic nitrogens is 1. The Balaban J connectivity index is 1.47. The zero-order valence-electron chi connectivity index (χ0n) is 16.3. The van der Waals surface area contributed by atoms with Crippen LogP contribution in [0.2, 0.25) is 0 Å². The van der Waals surface area contributed by atoms with Gasteiger partial charge in [0.25, 0.3) is 0 Å². The number of phenols is 1. The summed E-state index contributed by atoms with van der Waals surface area (Å²) < 4.78 is 5.41. The Morgan fingerprint density at radius 3 is 2.70 bits per heavy atom. The fraction of sp³-hybridized carbons (Fsp3) is 0.120. The molecule has 3 aromatic carbocycles. The van der Waals surface area contributed by atoms with Crippen LogP contribution in [0.5, 0.6) is 5.75 Å². The smallest absolute Gasteiger partial charge is 0.342 e. The molecule has 0 atom stereocenters. The fourth-order valence-electron chi connectivity index (χ4n) is 3.90. The molecule has 148 valence electrons. The summed E-state index contributed by atoms with van der Waals surface area (Å²) in [6, 6.07) is 22.6. The van der Waals surface area contributed by atoms with Gasteiger partial charge in [0, 0.05) is 23.0 Å². The van der Waals surface area contributed by atoms with Crippen molar-refractivity contribution in [2.45, 2.75) is 13.0 Å². The molecule has 0 saturated heterocycles. The SMILES string of the molecule is O=C(OCc1ccccc1)c1cc(C2=NCCc3c2[nH]c2ccccc32)ccc1O. The summed E-state index contributed by atoms with van der Waals surface area (Å²) in [7, 11) is 0. The topological polar surface area (TPSA) is 74.7 Å². The third-order valence-electron chi connectivity index (χ3n) is 5.38. The first-order valence-electron chi connectivity index (χ1n) is 9.89. The highest BCUT2D eigenvalue weighted by atomic mass is 16.5. The molecular formula is C25H20N2O3. The highest BCUT2D eigenvalue weighted by Gasteiger charge is 2.22. The second-order valence-corrected chi connectivity index (χ2v) is 7.30. The first kappa shape index (κ1) is 18.2. The molecule has 4 aromatic rings. The molecule has 1 aliphatic rings. The molecule has 0 amide bonds. The van der Waals surface area contributed by atoms with E-state index in [9.17, 15) is 9.90 Å². The van der Waals surface area contributed by atoms with Gasteiger partial charge in [0.05, 0.1) is 11.4 Å². The van der Waals surface area contributed by atoms with E-state index in [0.717, 1.165) is 34.5 Å². The number of carbonyl (C=O) groups is 1. The molecule has 0 radical (unpaired) electrons. The van der Waals surface area contributed by atoms with Crippen molar-refractivity contribution in [3.63, 3.8) is 0 Å². The molecule has 1 aliphatic heterocycles. The lowest BCUT2D eigenvalue weighted by atomic mass is 9.96. The maximum atomic E-state index is 12.6. The molecule has 0 fully saturated rings. The van der Waals surface area contributed by atoms with Gasteiger partial charge in [-0.05, 0) is 41.8 Å². The average Bonchev–Trinajstić information content (AvgIpc) is 3.17. The summed E-state index contributed by atoms with van der Waals surface area (Å²) in [5, 5.41) is 11.5. The van der Waals surface area contributed by atoms with E-state index in [1.807, 2.05) is 42.5 Å². The first-order valence-corrected chi connectivity index (χ1v) is 9.89. The van der Waals surface area contributed by atoms with Gasteiger partial charge in [-0.2, -0.15) is 0 Å². The number of hydrogen-bond donors (Lipinski definition) is 2. The van der Waals surface area contributed by atoms with E-state index in [1.54, 1.807) is 12.1 Å². The number of aromatic hydroxyl groups is 1. The molecule has 30 heavy (non-hydrogen) atoms. The number of hydrogen-bond acceptors (Lipinski definition) is 4. The van der Waals surface area contributed by atoms with Gasteiger partial charge >= 0.3 is 5.97 Å². The number of nitrogens with one attached hydrogen (secondary N) is 1. The van der Waals surface area contributed by atoms with Gasteiger partial charge in [-0.25, -0.2) is 4.79 Å². The summed E-state index contributed by atoms with van der Waals surface area (Å²) in [6.45, 7) is 0.829. The monoisotopic (exact) mass is 396 g/mol. The fourth-order valence-corrected chi connectivity index (χ4v) is 3.90. The van der Waals surface area contributed by atoms with Gasteiger partial charge in [0.2, 0.25) is 0 Å². The Morgan fingerprint density at radius 1 is 1.03 bits per heavy atom. The minimum Gasteiger partial charge on any atom is -0.507 e. The van der Waals surface area contributed by atoms with E-state index in [4.69, 9.17) is 9.73 Å². The zero-order valence-corrected chi connectivity index (χ0v) is 16.3. The van der Waals surface area contributed by atoms with Crippen LogP contribution in [0.15, 0.2) is 77.8 Å². The van der Waals surface area contributed by atoms with Crippen LogP contribution in [0.25, 0.3) is 10.9 Å². The molecule has 5 rings (SSSR count). The van der Waals surface area contributed by atoms with Gasteiger partial charge in [-0.15, -0.1) is 0 Å². The van der Waals surface area contributed by atoms with Crippen molar-refractivity contribution >= 4 is 22.6 Å². The largest absolute Gasteiger partial charge is 0.507 e. The summed E-state index contributed by atoms with van der Waals surface area (Å²) >= 11 is 0. The number of ether oxygens (including phenoxy) is 1. The van der Waals surface area contributed by atoms with Crippen LogP contribution in [0.4, 0.5) is 0 Å². The predicted octanol–water partition coefficient (Wildman–Crippen LogP) is 4.62. The van der Waals surface area contributed by atoms with E-state index in [2.05, 4.69) is 17.1 Å². The molecule has 0 spiro atoms. The number of fused-ring (bicyclic) bond motifs is 3. The van der Waals surface area contributed by atoms with Gasteiger partial charge in [-0.3, -0.25) is 4.99 Å². The number of H-pyrrole nitrogens is 1. The Labute approximate surface area is 173 Å². The first-order chi connectivity index (χ1) is 14.7. The number of para-hydroxylation sites is 1. The van der Waals surface area contributed by atoms with Crippen molar-refractivity contribution in [2.24, 2.45) is 4.99 Å². The highest BCUT2D eigenvalue weighted by Crippen LogP contribution is 2.29. The van der Waals surface area contributed by atoms with E-state index in [1.165, 1.54) is 17.0 Å². The highest BCUT2D eigenvalue weighted by molar-refractivity contribution is 6.16. The lowest BCUT2D eigenvalue weighted by Gasteiger charge is -2.15. The summed E-state index contributed by atoms with van der Waals surface area (Å²) in [5.74, 6) is -0.670. The lowest BCUT2D eigenvalue weighted by molar-refractivity contribution is 0.0469. The minimum atomic E-state index is -0.563. The number of nitrogens with zero attached hydrogens (tertiary/aromatic N) is 1. The molecule has 2 heterocycles. The molecular weight excluding hydrogens is 376 g/mol. The van der Waals surface area contributed by atoms with Crippen LogP contribution >= 0.6 is 0 Å². The number of aliphatic imine (C=N–C) groups is 1. The standard InChI is InChI=1S/C25H20N2O3/c28-22-11-10-17(14-20(22)25(29)30-15-16-6-2-1-3-7-16)23-24-19(12-13-26-23)18-8-4-5-9-21(18)27-24/h1-11,14,27-28H,12-13,15H2. The van der Waals surface area contributed by atoms with Crippen molar-refractivity contribution in [1.29, 1.82) is 0 Å². The third-order valence-corrected chi connectivity index (χ3v) is 5.38. The van der Waals surface area contributed by atoms with Gasteiger partial charge < -0.3 is 14.8 Å². The lowest BCUT2D eigenvalue weighted by Crippen LogP contribution is -2.15. The molecule has 0 bridgehead atoms. The maximum Gasteiger partial charge on any atom is 0.342 e. The number of rotatable bonds is 4. The second kappa shape index (κ2) is 7.52. The maximum absolute atomic E-state index is 12.6. The number of esters is 1. The van der Waals surface area contributed by atoms with Crippen LogP contribution in [-0.2, 0) is 17.8 Å². The number of benzene rings is 3. The van der Waals surface area contributed by atoms with Crippen LogP contribution in [0.3, 0.4) is 0 Å². The van der Waals surface area contributed by atoms with E-state index in [0.29, 0.717) is 6.54 Å². The van der Waals surface area contributed by atoms with Crippen molar-refractivity contribution < 1.29 is 14.6 Å². The zero-order chi connectivity index (χ0) is 20.5. The molecule has 1 aromatic heterocycles. The normalized spacial score (nSPS) is 13.0. The predicted molar refractivity (Wildman–Crippen MR) is 116 cm³/mol. The van der Waals surface area contributed by atoms with Crippen molar-refractivity contribution in [2.75, 3.05) is 6.54 Å². The van der Waals surface area contributed by atoms with Crippen LogP contribution in [-0.4, -0.2) is 28.3 Å². The molecule has 0 aliphatic carbocycles. The van der Waals surface area contributed by atoms with E-state index in [-0.39, 0.29) is 17.9 Å². The van der Waals surface area contributed by atoms with E-state index < -0.39 is 5.97 Å². The number of phenolic OH excluding ortho intramolecular Hbond substituents is 1. The van der Waals surface area contributed by atoms with Crippen LogP contribution in [0.1, 0.15) is 32.7 Å². The Hall–Kier alpha value is -3.86. The molecule has 5 heteroatoms. The van der Waals surface area contributed by atoms with Gasteiger partial charge in [0.15, 0.2) is 0 Å². The third kappa shape index (κ3) is 3.24. The summed E-state index contributed by atoms with van der Waals surface area (Å²) in [4.78, 5) is 20.8. The van der Waals surface area contributed by atoms with Gasteiger partial charge in [0.1, 0.15) is 17.9 Å². The van der Waals surface area contributed by atoms with Gasteiger partial charge in [-0.1, -0.05) is 48.5 Å². The molecule has 2 N–H and O–H groups in total. The van der Waals surface area contributed by atoms with E-state index >= 15 is 0 Å². The molecule has 0 unspecified atom stereocenters. The number of carbonyl (C=O) groups excluding carboxylic acids is 1. The van der Waals surface area contributed by atoms with Crippen molar-refractivity contribution in [1.82, 2.24) is 4.98 Å². The Kier molecular flexibility index (Phi) is 4.56. The van der Waals surface area contributed by atoms with Crippen molar-refractivity contribution in [3.8, 4) is 5.75 Å². The minimum absolute atomic E-state index is 0.106. The quantitative estimate of drug-likeness (QED) is 0.494. The van der Waals surface area contributed by atoms with Crippen molar-refractivity contribution in [3.05, 3.63) is 101 Å². The second-order valence-electron chi connectivity index (χ2n) is 7.30. The molecule has 5 nitrogen and oxygen atoms in total. The average molecular weight is 396 g/mol. The summed E-state index contributed by atoms with van der Waals surface area (Å²) in [5.41, 5.74) is 5.86. The number of aromatic amines is 1. The van der Waals surface area contributed by atoms with Crippen LogP contribution in [0, 0.1) is 0 Å². The van der Waals surface area contributed by atoms with Crippen LogP contribution < -0.4 is 0 Å². The Bertz CT molecular complexity index is 1270.